The molecule has 0 aliphatic rings. The molecule has 0 aromatic carbocycles. The summed E-state index contributed by atoms with van der Waals surface area (Å²) in [5.74, 6) is -0.150. The predicted molar refractivity (Wildman–Crippen MR) is 206 cm³/mol. The van der Waals surface area contributed by atoms with Gasteiger partial charge in [-0.3, -0.25) is 14.2 Å². The lowest BCUT2D eigenvalue weighted by Crippen LogP contribution is -2.45. The normalized spacial score (nSPS) is 15.0. The molecule has 0 saturated carbocycles. The Balaban J connectivity index is 4.67. The summed E-state index contributed by atoms with van der Waals surface area (Å²) in [4.78, 5) is 37.2. The van der Waals surface area contributed by atoms with E-state index in [1.165, 1.54) is 57.8 Å². The Morgan fingerprint density at radius 1 is 0.740 bits per heavy atom. The Kier molecular flexibility index (Phi) is 30.6. The first-order valence-electron chi connectivity index (χ1n) is 19.5. The minimum absolute atomic E-state index is 0.0302. The van der Waals surface area contributed by atoms with Crippen molar-refractivity contribution in [2.75, 3.05) is 40.9 Å². The van der Waals surface area contributed by atoms with Gasteiger partial charge in [-0.1, -0.05) is 121 Å². The van der Waals surface area contributed by atoms with Crippen molar-refractivity contribution in [3.8, 4) is 0 Å². The lowest BCUT2D eigenvalue weighted by molar-refractivity contribution is -0.870. The van der Waals surface area contributed by atoms with E-state index in [1.807, 2.05) is 39.4 Å². The van der Waals surface area contributed by atoms with Crippen LogP contribution < -0.4 is 10.2 Å². The Labute approximate surface area is 305 Å². The van der Waals surface area contributed by atoms with Crippen molar-refractivity contribution in [3.05, 3.63) is 48.6 Å². The van der Waals surface area contributed by atoms with Crippen LogP contribution in [0.25, 0.3) is 0 Å². The minimum atomic E-state index is -4.62. The van der Waals surface area contributed by atoms with Gasteiger partial charge in [0.1, 0.15) is 13.2 Å². The second kappa shape index (κ2) is 31.8. The number of ketones is 1. The molecule has 10 heteroatoms. The molecule has 0 bridgehead atoms. The standard InChI is InChI=1S/C40H73N2O7P/c1-6-8-10-12-14-15-16-17-18-20-24-28-32-39(44)38(36-49-50(46,47)48-35-34-42(3,4)5)41-40(45)33-29-25-21-23-27-31-37(43)30-26-22-19-13-11-9-7-2/h17-19,22,26,28,30,32,38-39,44H,6-16,20-21,23-25,27,29,31,33-36H2,1-5H3,(H-,41,45,46,47)/b18-17-,22-19-,30-26+,32-28+/t38-,39+/m0/s1. The van der Waals surface area contributed by atoms with Crippen molar-refractivity contribution in [3.63, 3.8) is 0 Å². The highest BCUT2D eigenvalue weighted by molar-refractivity contribution is 7.45. The molecular formula is C40H73N2O7P. The molecule has 3 atom stereocenters. The van der Waals surface area contributed by atoms with E-state index in [0.717, 1.165) is 51.4 Å². The number of carbonyl (C=O) groups excluding carboxylic acids is 2. The van der Waals surface area contributed by atoms with Crippen LogP contribution in [0.15, 0.2) is 48.6 Å². The molecular weight excluding hydrogens is 651 g/mol. The van der Waals surface area contributed by atoms with Crippen molar-refractivity contribution in [2.24, 2.45) is 0 Å². The van der Waals surface area contributed by atoms with Gasteiger partial charge in [0.15, 0.2) is 5.78 Å². The third kappa shape index (κ3) is 33.3. The van der Waals surface area contributed by atoms with Crippen LogP contribution in [0.5, 0.6) is 0 Å². The van der Waals surface area contributed by atoms with E-state index in [9.17, 15) is 24.2 Å². The maximum absolute atomic E-state index is 12.8. The molecule has 0 aliphatic heterocycles. The average Bonchev–Trinajstić information content (AvgIpc) is 3.05. The second-order valence-electron chi connectivity index (χ2n) is 14.3. The Bertz CT molecular complexity index is 1020. The molecule has 0 fully saturated rings. The van der Waals surface area contributed by atoms with Gasteiger partial charge in [-0.15, -0.1) is 0 Å². The Morgan fingerprint density at radius 2 is 1.30 bits per heavy atom. The van der Waals surface area contributed by atoms with Crippen LogP contribution in [-0.2, 0) is 23.2 Å². The lowest BCUT2D eigenvalue weighted by atomic mass is 10.1. The number of likely N-dealkylation sites (N-methyl/N-ethyl adjacent to an activating group) is 1. The molecule has 1 amide bonds. The molecule has 0 radical (unpaired) electrons. The summed E-state index contributed by atoms with van der Waals surface area (Å²) < 4.78 is 23.0. The van der Waals surface area contributed by atoms with Crippen LogP contribution in [-0.4, -0.2) is 74.3 Å². The SMILES string of the molecule is CCCCC/C=C\C=C\C(=O)CCCCCCCC(=O)N[C@@H](COP(=O)([O-])OCC[N+](C)(C)C)[C@H](O)/C=C/CC/C=C\CCCCCCCC. The lowest BCUT2D eigenvalue weighted by Gasteiger charge is -2.29. The number of quaternary nitrogens is 1. The second-order valence-corrected chi connectivity index (χ2v) is 15.7. The zero-order chi connectivity index (χ0) is 37.4. The molecule has 9 nitrogen and oxygen atoms in total. The molecule has 290 valence electrons. The zero-order valence-corrected chi connectivity index (χ0v) is 33.2. The fourth-order valence-corrected chi connectivity index (χ4v) is 5.75. The Hall–Kier alpha value is -1.87. The highest BCUT2D eigenvalue weighted by Crippen LogP contribution is 2.38. The van der Waals surface area contributed by atoms with Gasteiger partial charge >= 0.3 is 0 Å². The summed E-state index contributed by atoms with van der Waals surface area (Å²) in [5.41, 5.74) is 0. The smallest absolute Gasteiger partial charge is 0.268 e. The molecule has 0 spiro atoms. The topological polar surface area (TPSA) is 125 Å². The number of nitrogens with zero attached hydrogens (tertiary/aromatic N) is 1. The van der Waals surface area contributed by atoms with Crippen LogP contribution >= 0.6 is 7.82 Å². The first-order valence-corrected chi connectivity index (χ1v) is 20.9. The molecule has 50 heavy (non-hydrogen) atoms. The monoisotopic (exact) mass is 725 g/mol. The third-order valence-electron chi connectivity index (χ3n) is 8.24. The van der Waals surface area contributed by atoms with Crippen LogP contribution in [0.2, 0.25) is 0 Å². The van der Waals surface area contributed by atoms with Gasteiger partial charge in [0, 0.05) is 12.8 Å². The predicted octanol–water partition coefficient (Wildman–Crippen LogP) is 8.68. The number of hydrogen-bond acceptors (Lipinski definition) is 7. The molecule has 0 rings (SSSR count). The quantitative estimate of drug-likeness (QED) is 0.0170. The molecule has 1 unspecified atom stereocenters. The summed E-state index contributed by atoms with van der Waals surface area (Å²) in [5, 5.41) is 13.6. The number of aliphatic hydroxyl groups excluding tert-OH is 1. The van der Waals surface area contributed by atoms with E-state index in [-0.39, 0.29) is 24.7 Å². The zero-order valence-electron chi connectivity index (χ0n) is 32.3. The van der Waals surface area contributed by atoms with E-state index < -0.39 is 26.6 Å². The van der Waals surface area contributed by atoms with Gasteiger partial charge in [0.05, 0.1) is 39.9 Å². The summed E-state index contributed by atoms with van der Waals surface area (Å²) in [6.07, 6.45) is 34.0. The average molecular weight is 725 g/mol. The highest BCUT2D eigenvalue weighted by atomic mass is 31.2. The minimum Gasteiger partial charge on any atom is -0.756 e. The summed E-state index contributed by atoms with van der Waals surface area (Å²) >= 11 is 0. The Morgan fingerprint density at radius 3 is 2.00 bits per heavy atom. The van der Waals surface area contributed by atoms with Crippen LogP contribution in [0.4, 0.5) is 0 Å². The van der Waals surface area contributed by atoms with Gasteiger partial charge in [0.2, 0.25) is 5.91 Å². The molecule has 2 N–H and O–H groups in total. The number of carbonyl (C=O) groups is 2. The van der Waals surface area contributed by atoms with Crippen LogP contribution in [0, 0.1) is 0 Å². The van der Waals surface area contributed by atoms with Crippen molar-refractivity contribution in [1.29, 1.82) is 0 Å². The van der Waals surface area contributed by atoms with Crippen LogP contribution in [0.3, 0.4) is 0 Å². The number of phosphoric acid groups is 1. The number of allylic oxidation sites excluding steroid dienone is 7. The van der Waals surface area contributed by atoms with Gasteiger partial charge in [-0.05, 0) is 57.4 Å². The van der Waals surface area contributed by atoms with E-state index in [4.69, 9.17) is 9.05 Å². The number of phosphoric ester groups is 1. The van der Waals surface area contributed by atoms with Gasteiger partial charge in [0.25, 0.3) is 7.82 Å². The highest BCUT2D eigenvalue weighted by Gasteiger charge is 2.23. The molecule has 0 aromatic rings. The van der Waals surface area contributed by atoms with Gasteiger partial charge < -0.3 is 28.8 Å². The fraction of sp³-hybridized carbons (Fsp3) is 0.750. The van der Waals surface area contributed by atoms with E-state index in [0.29, 0.717) is 23.9 Å². The van der Waals surface area contributed by atoms with Gasteiger partial charge in [-0.25, -0.2) is 0 Å². The van der Waals surface area contributed by atoms with Crippen molar-refractivity contribution in [1.82, 2.24) is 5.32 Å². The first-order chi connectivity index (χ1) is 23.9. The van der Waals surface area contributed by atoms with Crippen LogP contribution in [0.1, 0.15) is 142 Å². The first kappa shape index (κ1) is 48.1. The van der Waals surface area contributed by atoms with Gasteiger partial charge in [-0.2, -0.15) is 0 Å². The third-order valence-corrected chi connectivity index (χ3v) is 9.20. The largest absolute Gasteiger partial charge is 0.756 e. The maximum atomic E-state index is 12.8. The van der Waals surface area contributed by atoms with Crippen molar-refractivity contribution in [2.45, 2.75) is 154 Å². The van der Waals surface area contributed by atoms with E-state index in [2.05, 4.69) is 37.4 Å². The summed E-state index contributed by atoms with van der Waals surface area (Å²) in [7, 11) is 1.16. The number of amides is 1. The number of rotatable bonds is 34. The number of hydrogen-bond donors (Lipinski definition) is 2. The molecule has 0 saturated heterocycles. The summed E-state index contributed by atoms with van der Waals surface area (Å²) in [6.45, 7) is 4.41. The maximum Gasteiger partial charge on any atom is 0.268 e. The summed E-state index contributed by atoms with van der Waals surface area (Å²) in [6, 6.07) is -0.948. The van der Waals surface area contributed by atoms with Crippen molar-refractivity contribution >= 4 is 19.5 Å². The van der Waals surface area contributed by atoms with E-state index in [1.54, 1.807) is 12.2 Å². The number of nitrogens with one attached hydrogen (secondary N) is 1. The fourth-order valence-electron chi connectivity index (χ4n) is 5.03. The number of aliphatic hydroxyl groups is 1. The number of unbranched alkanes of at least 4 members (excludes halogenated alkanes) is 14. The van der Waals surface area contributed by atoms with E-state index >= 15 is 0 Å². The molecule has 0 aromatic heterocycles. The van der Waals surface area contributed by atoms with Crippen molar-refractivity contribution < 1.29 is 37.7 Å². The molecule has 0 aliphatic carbocycles. The molecule has 0 heterocycles.